The Morgan fingerprint density at radius 2 is 2.00 bits per heavy atom. The second-order valence-electron chi connectivity index (χ2n) is 5.69. The zero-order valence-corrected chi connectivity index (χ0v) is 12.0. The molecule has 0 spiro atoms. The summed E-state index contributed by atoms with van der Waals surface area (Å²) in [7, 11) is 0. The van der Waals surface area contributed by atoms with Crippen LogP contribution in [0.5, 0.6) is 0 Å². The molecular weight excluding hydrogens is 254 g/mol. The van der Waals surface area contributed by atoms with Crippen molar-refractivity contribution in [2.75, 3.05) is 0 Å². The normalized spacial score (nSPS) is 26.0. The maximum absolute atomic E-state index is 12.4. The molecule has 0 bridgehead atoms. The number of amides is 1. The third-order valence-electron chi connectivity index (χ3n) is 4.41. The van der Waals surface area contributed by atoms with Gasteiger partial charge in [-0.05, 0) is 37.3 Å². The zero-order valence-electron chi connectivity index (χ0n) is 12.0. The minimum atomic E-state index is -1.13. The van der Waals surface area contributed by atoms with Crippen LogP contribution in [0, 0.1) is 12.8 Å². The summed E-state index contributed by atoms with van der Waals surface area (Å²) in [6, 6.07) is 7.24. The van der Waals surface area contributed by atoms with E-state index in [1.165, 1.54) is 0 Å². The van der Waals surface area contributed by atoms with Crippen molar-refractivity contribution in [3.05, 3.63) is 35.4 Å². The van der Waals surface area contributed by atoms with E-state index in [4.69, 9.17) is 0 Å². The van der Waals surface area contributed by atoms with Crippen molar-refractivity contribution >= 4 is 11.9 Å². The number of hydrogen-bond donors (Lipinski definition) is 2. The summed E-state index contributed by atoms with van der Waals surface area (Å²) in [5.41, 5.74) is 0.275. The first-order chi connectivity index (χ1) is 9.47. The average Bonchev–Trinajstić information content (AvgIpc) is 2.41. The summed E-state index contributed by atoms with van der Waals surface area (Å²) >= 11 is 0. The summed E-state index contributed by atoms with van der Waals surface area (Å²) in [4.78, 5) is 24.1. The van der Waals surface area contributed by atoms with E-state index in [1.807, 2.05) is 26.0 Å². The summed E-state index contributed by atoms with van der Waals surface area (Å²) in [5.74, 6) is -1.27. The Balaban J connectivity index is 2.27. The number of carbonyl (C=O) groups is 2. The van der Waals surface area contributed by atoms with E-state index in [2.05, 4.69) is 5.32 Å². The standard InChI is InChI=1S/C16H21NO3/c1-11-7-3-4-9-13(11)14(18)17-16(15(19)20)10-6-5-8-12(16)2/h3-4,7,9,12H,5-6,8,10H2,1-2H3,(H,17,18)(H,19,20). The van der Waals surface area contributed by atoms with Gasteiger partial charge in [0.2, 0.25) is 0 Å². The lowest BCUT2D eigenvalue weighted by atomic mass is 9.73. The lowest BCUT2D eigenvalue weighted by molar-refractivity contribution is -0.148. The van der Waals surface area contributed by atoms with Gasteiger partial charge in [-0.25, -0.2) is 4.79 Å². The Hall–Kier alpha value is -1.84. The number of aryl methyl sites for hydroxylation is 1. The molecular formula is C16H21NO3. The predicted molar refractivity (Wildman–Crippen MR) is 76.6 cm³/mol. The Kier molecular flexibility index (Phi) is 4.12. The van der Waals surface area contributed by atoms with Crippen LogP contribution in [0.15, 0.2) is 24.3 Å². The molecule has 2 unspecified atom stereocenters. The molecule has 0 heterocycles. The van der Waals surface area contributed by atoms with E-state index in [9.17, 15) is 14.7 Å². The molecule has 1 fully saturated rings. The summed E-state index contributed by atoms with van der Waals surface area (Å²) in [6.45, 7) is 3.76. The van der Waals surface area contributed by atoms with Gasteiger partial charge in [0.05, 0.1) is 0 Å². The van der Waals surface area contributed by atoms with Gasteiger partial charge in [0.25, 0.3) is 5.91 Å². The van der Waals surface area contributed by atoms with Gasteiger partial charge in [0.1, 0.15) is 5.54 Å². The third kappa shape index (κ3) is 2.55. The minimum Gasteiger partial charge on any atom is -0.479 e. The molecule has 0 radical (unpaired) electrons. The number of carbonyl (C=O) groups excluding carboxylic acids is 1. The Morgan fingerprint density at radius 3 is 2.60 bits per heavy atom. The molecule has 108 valence electrons. The molecule has 1 aliphatic rings. The van der Waals surface area contributed by atoms with Gasteiger partial charge in [-0.2, -0.15) is 0 Å². The van der Waals surface area contributed by atoms with E-state index >= 15 is 0 Å². The summed E-state index contributed by atoms with van der Waals surface area (Å²) in [6.07, 6.45) is 3.20. The van der Waals surface area contributed by atoms with Crippen molar-refractivity contribution in [3.63, 3.8) is 0 Å². The van der Waals surface area contributed by atoms with Gasteiger partial charge in [-0.3, -0.25) is 4.79 Å². The summed E-state index contributed by atoms with van der Waals surface area (Å²) in [5, 5.41) is 12.4. The van der Waals surface area contributed by atoms with Gasteiger partial charge >= 0.3 is 5.97 Å². The van der Waals surface area contributed by atoms with E-state index in [0.717, 1.165) is 24.8 Å². The molecule has 0 saturated heterocycles. The van der Waals surface area contributed by atoms with Crippen LogP contribution in [0.4, 0.5) is 0 Å². The number of hydrogen-bond acceptors (Lipinski definition) is 2. The largest absolute Gasteiger partial charge is 0.479 e. The maximum Gasteiger partial charge on any atom is 0.329 e. The number of nitrogens with one attached hydrogen (secondary N) is 1. The third-order valence-corrected chi connectivity index (χ3v) is 4.41. The quantitative estimate of drug-likeness (QED) is 0.891. The fourth-order valence-electron chi connectivity index (χ4n) is 3.00. The van der Waals surface area contributed by atoms with Crippen molar-refractivity contribution in [1.82, 2.24) is 5.32 Å². The maximum atomic E-state index is 12.4. The van der Waals surface area contributed by atoms with Crippen LogP contribution in [0.3, 0.4) is 0 Å². The monoisotopic (exact) mass is 275 g/mol. The molecule has 1 aromatic carbocycles. The highest BCUT2D eigenvalue weighted by Gasteiger charge is 2.46. The minimum absolute atomic E-state index is 0.0540. The molecule has 4 heteroatoms. The van der Waals surface area contributed by atoms with Crippen LogP contribution in [0.1, 0.15) is 48.5 Å². The van der Waals surface area contributed by atoms with Crippen molar-refractivity contribution in [1.29, 1.82) is 0 Å². The average molecular weight is 275 g/mol. The van der Waals surface area contributed by atoms with E-state index in [1.54, 1.807) is 12.1 Å². The van der Waals surface area contributed by atoms with Gasteiger partial charge in [-0.15, -0.1) is 0 Å². The number of carboxylic acids is 1. The Morgan fingerprint density at radius 1 is 1.30 bits per heavy atom. The van der Waals surface area contributed by atoms with Gasteiger partial charge in [0, 0.05) is 5.56 Å². The van der Waals surface area contributed by atoms with E-state index < -0.39 is 11.5 Å². The molecule has 2 rings (SSSR count). The second kappa shape index (κ2) is 5.65. The van der Waals surface area contributed by atoms with Crippen molar-refractivity contribution in [2.24, 2.45) is 5.92 Å². The molecule has 2 atom stereocenters. The van der Waals surface area contributed by atoms with Crippen molar-refractivity contribution in [3.8, 4) is 0 Å². The van der Waals surface area contributed by atoms with Crippen LogP contribution < -0.4 is 5.32 Å². The molecule has 1 saturated carbocycles. The highest BCUT2D eigenvalue weighted by molar-refractivity contribution is 5.99. The lowest BCUT2D eigenvalue weighted by Gasteiger charge is -2.39. The Bertz CT molecular complexity index is 526. The summed E-state index contributed by atoms with van der Waals surface area (Å²) < 4.78 is 0. The van der Waals surface area contributed by atoms with Crippen LogP contribution in [-0.2, 0) is 4.79 Å². The first kappa shape index (κ1) is 14.6. The van der Waals surface area contributed by atoms with Crippen LogP contribution in [0.25, 0.3) is 0 Å². The predicted octanol–water partition coefficient (Wildman–Crippen LogP) is 2.76. The number of carboxylic acid groups (broad SMARTS) is 1. The molecule has 20 heavy (non-hydrogen) atoms. The van der Waals surface area contributed by atoms with Crippen LogP contribution in [0.2, 0.25) is 0 Å². The van der Waals surface area contributed by atoms with E-state index in [-0.39, 0.29) is 11.8 Å². The van der Waals surface area contributed by atoms with Crippen molar-refractivity contribution < 1.29 is 14.7 Å². The number of aliphatic carboxylic acids is 1. The molecule has 1 aromatic rings. The fraction of sp³-hybridized carbons (Fsp3) is 0.500. The SMILES string of the molecule is Cc1ccccc1C(=O)NC1(C(=O)O)CCCCC1C. The lowest BCUT2D eigenvalue weighted by Crippen LogP contribution is -2.60. The van der Waals surface area contributed by atoms with Gasteiger partial charge in [0.15, 0.2) is 0 Å². The zero-order chi connectivity index (χ0) is 14.8. The molecule has 0 aliphatic heterocycles. The van der Waals surface area contributed by atoms with Crippen molar-refractivity contribution in [2.45, 2.75) is 45.1 Å². The smallest absolute Gasteiger partial charge is 0.329 e. The topological polar surface area (TPSA) is 66.4 Å². The second-order valence-corrected chi connectivity index (χ2v) is 5.69. The highest BCUT2D eigenvalue weighted by Crippen LogP contribution is 2.34. The molecule has 1 aliphatic carbocycles. The molecule has 2 N–H and O–H groups in total. The fourth-order valence-corrected chi connectivity index (χ4v) is 3.00. The van der Waals surface area contributed by atoms with Gasteiger partial charge in [-0.1, -0.05) is 38.0 Å². The van der Waals surface area contributed by atoms with Gasteiger partial charge < -0.3 is 10.4 Å². The molecule has 4 nitrogen and oxygen atoms in total. The number of benzene rings is 1. The van der Waals surface area contributed by atoms with Crippen LogP contribution in [-0.4, -0.2) is 22.5 Å². The van der Waals surface area contributed by atoms with E-state index in [0.29, 0.717) is 12.0 Å². The highest BCUT2D eigenvalue weighted by atomic mass is 16.4. The Labute approximate surface area is 119 Å². The first-order valence-electron chi connectivity index (χ1n) is 7.09. The first-order valence-corrected chi connectivity index (χ1v) is 7.09. The molecule has 0 aromatic heterocycles. The molecule has 1 amide bonds. The number of rotatable bonds is 3. The van der Waals surface area contributed by atoms with Crippen LogP contribution >= 0.6 is 0 Å².